The van der Waals surface area contributed by atoms with E-state index in [2.05, 4.69) is 24.0 Å². The highest BCUT2D eigenvalue weighted by atomic mass is 32.1. The number of aliphatic hydroxyl groups excluding tert-OH is 1. The Morgan fingerprint density at radius 3 is 2.74 bits per heavy atom. The molecule has 98 valence electrons. The minimum atomic E-state index is -0.439. The van der Waals surface area contributed by atoms with Crippen LogP contribution in [0.25, 0.3) is 10.2 Å². The summed E-state index contributed by atoms with van der Waals surface area (Å²) in [6, 6.07) is 12.2. The highest BCUT2D eigenvalue weighted by Gasteiger charge is 2.14. The van der Waals surface area contributed by atoms with Crippen LogP contribution >= 0.6 is 22.7 Å². The number of thiazole rings is 1. The Hall–Kier alpha value is -1.23. The molecule has 0 spiro atoms. The summed E-state index contributed by atoms with van der Waals surface area (Å²) in [6.45, 7) is 2.13. The molecule has 3 rings (SSSR count). The molecule has 0 saturated carbocycles. The number of nitrogens with zero attached hydrogens (tertiary/aromatic N) is 1. The summed E-state index contributed by atoms with van der Waals surface area (Å²) >= 11 is 3.36. The number of thiophene rings is 1. The van der Waals surface area contributed by atoms with Crippen molar-refractivity contribution in [3.63, 3.8) is 0 Å². The van der Waals surface area contributed by atoms with Crippen molar-refractivity contribution < 1.29 is 5.11 Å². The zero-order chi connectivity index (χ0) is 13.2. The topological polar surface area (TPSA) is 33.1 Å². The van der Waals surface area contributed by atoms with E-state index in [1.807, 2.05) is 24.3 Å². The molecule has 0 aliphatic heterocycles. The first kappa shape index (κ1) is 12.8. The zero-order valence-corrected chi connectivity index (χ0v) is 12.3. The van der Waals surface area contributed by atoms with Gasteiger partial charge in [0.05, 0.1) is 21.3 Å². The molecule has 0 saturated heterocycles. The van der Waals surface area contributed by atoms with Gasteiger partial charge in [0.25, 0.3) is 0 Å². The average Bonchev–Trinajstić information content (AvgIpc) is 3.04. The van der Waals surface area contributed by atoms with Gasteiger partial charge in [-0.15, -0.1) is 22.7 Å². The molecule has 3 aromatic rings. The lowest BCUT2D eigenvalue weighted by Crippen LogP contribution is -1.98. The summed E-state index contributed by atoms with van der Waals surface area (Å²) in [5, 5.41) is 11.3. The number of aromatic nitrogens is 1. The molecule has 1 N–H and O–H groups in total. The van der Waals surface area contributed by atoms with Crippen molar-refractivity contribution >= 4 is 32.9 Å². The molecule has 0 amide bonds. The van der Waals surface area contributed by atoms with Gasteiger partial charge in [-0.1, -0.05) is 19.1 Å². The molecule has 1 atom stereocenters. The molecule has 2 heterocycles. The first-order chi connectivity index (χ1) is 9.26. The standard InChI is InChI=1S/C15H15NOS2/c1-2-10-7-8-14(18-10)12(17)9-15-16-11-5-3-4-6-13(11)19-15/h3-8,12,17H,2,9H2,1H3. The Kier molecular flexibility index (Phi) is 3.64. The number of benzene rings is 1. The second kappa shape index (κ2) is 5.41. The van der Waals surface area contributed by atoms with Gasteiger partial charge in [0.1, 0.15) is 0 Å². The van der Waals surface area contributed by atoms with Gasteiger partial charge in [0, 0.05) is 16.2 Å². The zero-order valence-electron chi connectivity index (χ0n) is 10.7. The average molecular weight is 289 g/mol. The van der Waals surface area contributed by atoms with E-state index in [-0.39, 0.29) is 0 Å². The Bertz CT molecular complexity index is 653. The van der Waals surface area contributed by atoms with Crippen LogP contribution in [0, 0.1) is 0 Å². The van der Waals surface area contributed by atoms with Crippen LogP contribution in [0.3, 0.4) is 0 Å². The summed E-state index contributed by atoms with van der Waals surface area (Å²) in [6.07, 6.45) is 1.19. The summed E-state index contributed by atoms with van der Waals surface area (Å²) in [5.74, 6) is 0. The van der Waals surface area contributed by atoms with Gasteiger partial charge in [0.2, 0.25) is 0 Å². The fourth-order valence-electron chi connectivity index (χ4n) is 2.04. The molecule has 1 unspecified atom stereocenters. The van der Waals surface area contributed by atoms with Crippen molar-refractivity contribution in [2.75, 3.05) is 0 Å². The molecular weight excluding hydrogens is 274 g/mol. The molecule has 0 aliphatic rings. The fourth-order valence-corrected chi connectivity index (χ4v) is 3.98. The molecule has 2 nitrogen and oxygen atoms in total. The van der Waals surface area contributed by atoms with Crippen LogP contribution in [0.2, 0.25) is 0 Å². The van der Waals surface area contributed by atoms with Gasteiger partial charge in [-0.25, -0.2) is 4.98 Å². The monoisotopic (exact) mass is 289 g/mol. The molecule has 0 radical (unpaired) electrons. The summed E-state index contributed by atoms with van der Waals surface area (Å²) < 4.78 is 1.19. The van der Waals surface area contributed by atoms with Crippen molar-refractivity contribution in [1.82, 2.24) is 4.98 Å². The van der Waals surface area contributed by atoms with Crippen LogP contribution in [0.1, 0.15) is 27.8 Å². The Balaban J connectivity index is 1.80. The predicted octanol–water partition coefficient (Wildman–Crippen LogP) is 4.20. The van der Waals surface area contributed by atoms with Crippen LogP contribution < -0.4 is 0 Å². The SMILES string of the molecule is CCc1ccc(C(O)Cc2nc3ccccc3s2)s1. The van der Waals surface area contributed by atoms with Crippen molar-refractivity contribution in [2.45, 2.75) is 25.9 Å². The maximum Gasteiger partial charge on any atom is 0.0968 e. The third-order valence-electron chi connectivity index (χ3n) is 3.07. The van der Waals surface area contributed by atoms with Gasteiger partial charge in [0.15, 0.2) is 0 Å². The number of hydrogen-bond donors (Lipinski definition) is 1. The summed E-state index contributed by atoms with van der Waals surface area (Å²) in [5.41, 5.74) is 1.02. The number of fused-ring (bicyclic) bond motifs is 1. The highest BCUT2D eigenvalue weighted by molar-refractivity contribution is 7.18. The van der Waals surface area contributed by atoms with Crippen LogP contribution in [-0.2, 0) is 12.8 Å². The van der Waals surface area contributed by atoms with Crippen molar-refractivity contribution in [3.8, 4) is 0 Å². The number of aliphatic hydroxyl groups is 1. The van der Waals surface area contributed by atoms with Gasteiger partial charge in [-0.3, -0.25) is 0 Å². The normalized spacial score (nSPS) is 12.9. The van der Waals surface area contributed by atoms with Crippen molar-refractivity contribution in [1.29, 1.82) is 0 Å². The molecule has 0 fully saturated rings. The van der Waals surface area contributed by atoms with Crippen molar-refractivity contribution in [3.05, 3.63) is 51.2 Å². The van der Waals surface area contributed by atoms with E-state index in [1.165, 1.54) is 9.58 Å². The summed E-state index contributed by atoms with van der Waals surface area (Å²) in [4.78, 5) is 6.92. The predicted molar refractivity (Wildman–Crippen MR) is 82.0 cm³/mol. The van der Waals surface area contributed by atoms with Gasteiger partial charge < -0.3 is 5.11 Å². The van der Waals surface area contributed by atoms with Crippen LogP contribution in [0.4, 0.5) is 0 Å². The number of hydrogen-bond acceptors (Lipinski definition) is 4. The third-order valence-corrected chi connectivity index (χ3v) is 5.45. The third kappa shape index (κ3) is 2.71. The quantitative estimate of drug-likeness (QED) is 0.781. The van der Waals surface area contributed by atoms with Gasteiger partial charge in [-0.2, -0.15) is 0 Å². The minimum absolute atomic E-state index is 0.439. The maximum absolute atomic E-state index is 10.3. The van der Waals surface area contributed by atoms with E-state index in [0.29, 0.717) is 6.42 Å². The first-order valence-electron chi connectivity index (χ1n) is 6.37. The largest absolute Gasteiger partial charge is 0.387 e. The molecule has 0 aliphatic carbocycles. The summed E-state index contributed by atoms with van der Waals surface area (Å²) in [7, 11) is 0. The fraction of sp³-hybridized carbons (Fsp3) is 0.267. The van der Waals surface area contributed by atoms with Crippen molar-refractivity contribution in [2.24, 2.45) is 0 Å². The van der Waals surface area contributed by atoms with Crippen LogP contribution in [0.5, 0.6) is 0 Å². The Morgan fingerprint density at radius 1 is 1.16 bits per heavy atom. The maximum atomic E-state index is 10.3. The van der Waals surface area contributed by atoms with E-state index in [9.17, 15) is 5.11 Å². The molecule has 4 heteroatoms. The lowest BCUT2D eigenvalue weighted by atomic mass is 10.2. The minimum Gasteiger partial charge on any atom is -0.387 e. The molecular formula is C15H15NOS2. The van der Waals surface area contributed by atoms with E-state index in [4.69, 9.17) is 0 Å². The van der Waals surface area contributed by atoms with E-state index in [0.717, 1.165) is 21.8 Å². The lowest BCUT2D eigenvalue weighted by molar-refractivity contribution is 0.182. The van der Waals surface area contributed by atoms with Crippen LogP contribution in [-0.4, -0.2) is 10.1 Å². The Morgan fingerprint density at radius 2 is 2.00 bits per heavy atom. The molecule has 1 aromatic carbocycles. The molecule has 0 bridgehead atoms. The number of rotatable bonds is 4. The van der Waals surface area contributed by atoms with E-state index >= 15 is 0 Å². The number of para-hydroxylation sites is 1. The molecule has 2 aromatic heterocycles. The Labute approximate surface area is 120 Å². The molecule has 19 heavy (non-hydrogen) atoms. The second-order valence-electron chi connectivity index (χ2n) is 4.45. The van der Waals surface area contributed by atoms with E-state index < -0.39 is 6.10 Å². The van der Waals surface area contributed by atoms with Gasteiger partial charge in [-0.05, 0) is 30.7 Å². The van der Waals surface area contributed by atoms with E-state index in [1.54, 1.807) is 22.7 Å². The van der Waals surface area contributed by atoms with Gasteiger partial charge >= 0.3 is 0 Å². The van der Waals surface area contributed by atoms with Crippen LogP contribution in [0.15, 0.2) is 36.4 Å². The smallest absolute Gasteiger partial charge is 0.0968 e. The first-order valence-corrected chi connectivity index (χ1v) is 8.00. The number of aryl methyl sites for hydroxylation is 1. The highest BCUT2D eigenvalue weighted by Crippen LogP contribution is 2.29. The second-order valence-corrected chi connectivity index (χ2v) is 6.77. The lowest BCUT2D eigenvalue weighted by Gasteiger charge is -2.05.